The van der Waals surface area contributed by atoms with Gasteiger partial charge in [0.2, 0.25) is 5.95 Å². The lowest BCUT2D eigenvalue weighted by molar-refractivity contribution is 0.325. The van der Waals surface area contributed by atoms with E-state index in [1.165, 1.54) is 9.08 Å². The van der Waals surface area contributed by atoms with Crippen molar-refractivity contribution in [1.29, 1.82) is 0 Å². The molecule has 4 rings (SSSR count). The molecule has 0 aliphatic heterocycles. The van der Waals surface area contributed by atoms with Gasteiger partial charge in [0.1, 0.15) is 0 Å². The molecule has 0 unspecified atom stereocenters. The first-order chi connectivity index (χ1) is 14.9. The number of anilines is 1. The van der Waals surface area contributed by atoms with Crippen molar-refractivity contribution in [2.75, 3.05) is 25.9 Å². The highest BCUT2D eigenvalue weighted by atomic mass is 16.2. The monoisotopic (exact) mass is 417 g/mol. The smallest absolute Gasteiger partial charge is 0.353 e. The van der Waals surface area contributed by atoms with Gasteiger partial charge in [-0.3, -0.25) is 4.98 Å². The van der Waals surface area contributed by atoms with Crippen molar-refractivity contribution in [2.45, 2.75) is 27.3 Å². The number of aryl methyl sites for hydroxylation is 2. The molecular formula is C23H27N7O. The van der Waals surface area contributed by atoms with Crippen molar-refractivity contribution in [1.82, 2.24) is 29.0 Å². The highest BCUT2D eigenvalue weighted by molar-refractivity contribution is 5.90. The summed E-state index contributed by atoms with van der Waals surface area (Å²) < 4.78 is 2.87. The van der Waals surface area contributed by atoms with E-state index in [9.17, 15) is 4.79 Å². The normalized spacial score (nSPS) is 11.5. The summed E-state index contributed by atoms with van der Waals surface area (Å²) in [5, 5.41) is 4.70. The minimum atomic E-state index is -0.284. The first kappa shape index (κ1) is 20.7. The van der Waals surface area contributed by atoms with E-state index in [-0.39, 0.29) is 11.6 Å². The van der Waals surface area contributed by atoms with E-state index in [1.54, 1.807) is 0 Å². The van der Waals surface area contributed by atoms with Crippen molar-refractivity contribution in [3.8, 4) is 22.4 Å². The van der Waals surface area contributed by atoms with Crippen molar-refractivity contribution in [2.24, 2.45) is 0 Å². The molecule has 0 saturated carbocycles. The number of rotatable bonds is 6. The summed E-state index contributed by atoms with van der Waals surface area (Å²) in [6.45, 7) is 8.05. The van der Waals surface area contributed by atoms with E-state index < -0.39 is 0 Å². The molecule has 0 aliphatic carbocycles. The average Bonchev–Trinajstić information content (AvgIpc) is 3.08. The summed E-state index contributed by atoms with van der Waals surface area (Å²) in [5.74, 6) is 0.125. The van der Waals surface area contributed by atoms with Crippen LogP contribution in [0.5, 0.6) is 0 Å². The third kappa shape index (κ3) is 3.94. The van der Waals surface area contributed by atoms with Crippen LogP contribution in [0.1, 0.15) is 18.3 Å². The van der Waals surface area contributed by atoms with E-state index in [0.717, 1.165) is 34.6 Å². The molecule has 1 aromatic carbocycles. The zero-order chi connectivity index (χ0) is 22.1. The number of nitrogen functional groups attached to an aromatic ring is 1. The van der Waals surface area contributed by atoms with Crippen LogP contribution in [0.2, 0.25) is 0 Å². The first-order valence-electron chi connectivity index (χ1n) is 10.4. The average molecular weight is 418 g/mol. The Balaban J connectivity index is 2.03. The Hall–Kier alpha value is -3.52. The third-order valence-corrected chi connectivity index (χ3v) is 5.41. The number of nitrogens with zero attached hydrogens (tertiary/aromatic N) is 6. The number of aromatic nitrogens is 5. The molecule has 160 valence electrons. The van der Waals surface area contributed by atoms with Gasteiger partial charge in [-0.05, 0) is 45.1 Å². The largest absolute Gasteiger partial charge is 0.369 e. The number of hydrogen-bond donors (Lipinski definition) is 1. The van der Waals surface area contributed by atoms with E-state index >= 15 is 0 Å². The van der Waals surface area contributed by atoms with Crippen molar-refractivity contribution < 1.29 is 0 Å². The quantitative estimate of drug-likeness (QED) is 0.518. The predicted octanol–water partition coefficient (Wildman–Crippen LogP) is 2.77. The van der Waals surface area contributed by atoms with E-state index in [0.29, 0.717) is 24.4 Å². The molecule has 3 heterocycles. The SMILES string of the molecule is CCN(C)CCn1nc2c(-c3cc(C)nc(C)c3)c(-c3ccccc3)nc(N)n2c1=O. The molecule has 0 saturated heterocycles. The van der Waals surface area contributed by atoms with Crippen LogP contribution < -0.4 is 11.4 Å². The Morgan fingerprint density at radius 2 is 1.71 bits per heavy atom. The lowest BCUT2D eigenvalue weighted by Crippen LogP contribution is -2.29. The van der Waals surface area contributed by atoms with Crippen LogP contribution in [0.25, 0.3) is 28.0 Å². The number of fused-ring (bicyclic) bond motifs is 1. The summed E-state index contributed by atoms with van der Waals surface area (Å²) in [5.41, 5.74) is 11.5. The molecule has 0 fully saturated rings. The molecule has 3 aromatic heterocycles. The van der Waals surface area contributed by atoms with Gasteiger partial charge in [0.15, 0.2) is 5.65 Å². The van der Waals surface area contributed by atoms with E-state index in [1.807, 2.05) is 63.4 Å². The molecule has 0 aliphatic rings. The van der Waals surface area contributed by atoms with Gasteiger partial charge in [0, 0.05) is 23.5 Å². The maximum Gasteiger partial charge on any atom is 0.353 e. The van der Waals surface area contributed by atoms with Crippen LogP contribution in [0, 0.1) is 13.8 Å². The summed E-state index contributed by atoms with van der Waals surface area (Å²) in [7, 11) is 2.01. The minimum absolute atomic E-state index is 0.125. The lowest BCUT2D eigenvalue weighted by atomic mass is 9.99. The van der Waals surface area contributed by atoms with Gasteiger partial charge in [-0.25, -0.2) is 18.9 Å². The van der Waals surface area contributed by atoms with Crippen molar-refractivity contribution in [3.63, 3.8) is 0 Å². The van der Waals surface area contributed by atoms with E-state index in [4.69, 9.17) is 10.8 Å². The summed E-state index contributed by atoms with van der Waals surface area (Å²) >= 11 is 0. The molecule has 0 spiro atoms. The minimum Gasteiger partial charge on any atom is -0.369 e. The zero-order valence-electron chi connectivity index (χ0n) is 18.3. The maximum atomic E-state index is 13.1. The fourth-order valence-corrected chi connectivity index (χ4v) is 3.72. The van der Waals surface area contributed by atoms with E-state index in [2.05, 4.69) is 21.8 Å². The van der Waals surface area contributed by atoms with Crippen LogP contribution in [0.15, 0.2) is 47.3 Å². The standard InChI is InChI=1S/C23H27N7O/c1-5-28(4)11-12-29-23(31)30-21(27-29)19(18-13-15(2)25-16(3)14-18)20(26-22(30)24)17-9-7-6-8-10-17/h6-10,13-14H,5,11-12H2,1-4H3,(H2,24,26). The van der Waals surface area contributed by atoms with Gasteiger partial charge in [0.05, 0.1) is 17.8 Å². The maximum absolute atomic E-state index is 13.1. The molecule has 4 aromatic rings. The van der Waals surface area contributed by atoms with Gasteiger partial charge in [-0.1, -0.05) is 37.3 Å². The number of nitrogens with two attached hydrogens (primary N) is 1. The number of pyridine rings is 1. The zero-order valence-corrected chi connectivity index (χ0v) is 18.3. The second kappa shape index (κ2) is 8.31. The second-order valence-corrected chi connectivity index (χ2v) is 7.76. The highest BCUT2D eigenvalue weighted by Gasteiger charge is 2.22. The van der Waals surface area contributed by atoms with Crippen molar-refractivity contribution in [3.05, 3.63) is 64.3 Å². The number of likely N-dealkylation sites (N-methyl/N-ethyl adjacent to an activating group) is 1. The molecule has 31 heavy (non-hydrogen) atoms. The fourth-order valence-electron chi connectivity index (χ4n) is 3.72. The predicted molar refractivity (Wildman–Crippen MR) is 123 cm³/mol. The van der Waals surface area contributed by atoms with Crippen LogP contribution in [-0.2, 0) is 6.54 Å². The van der Waals surface area contributed by atoms with Gasteiger partial charge >= 0.3 is 5.69 Å². The van der Waals surface area contributed by atoms with Crippen LogP contribution >= 0.6 is 0 Å². The molecule has 0 radical (unpaired) electrons. The Bertz CT molecular complexity index is 1270. The molecule has 0 atom stereocenters. The third-order valence-electron chi connectivity index (χ3n) is 5.41. The van der Waals surface area contributed by atoms with Crippen LogP contribution in [-0.4, -0.2) is 49.2 Å². The Morgan fingerprint density at radius 3 is 2.35 bits per heavy atom. The highest BCUT2D eigenvalue weighted by Crippen LogP contribution is 2.34. The van der Waals surface area contributed by atoms with Gasteiger partial charge in [0.25, 0.3) is 0 Å². The number of benzene rings is 1. The summed E-state index contributed by atoms with van der Waals surface area (Å²) in [6.07, 6.45) is 0. The van der Waals surface area contributed by atoms with Crippen molar-refractivity contribution >= 4 is 11.6 Å². The molecule has 0 bridgehead atoms. The van der Waals surface area contributed by atoms with Crippen LogP contribution in [0.4, 0.5) is 5.95 Å². The number of hydrogen-bond acceptors (Lipinski definition) is 6. The Kier molecular flexibility index (Phi) is 5.56. The van der Waals surface area contributed by atoms with Gasteiger partial charge in [-0.2, -0.15) is 0 Å². The lowest BCUT2D eigenvalue weighted by Gasteiger charge is -2.13. The Labute approximate surface area is 181 Å². The summed E-state index contributed by atoms with van der Waals surface area (Å²) in [6, 6.07) is 13.8. The molecule has 8 heteroatoms. The summed E-state index contributed by atoms with van der Waals surface area (Å²) in [4.78, 5) is 24.4. The fraction of sp³-hybridized carbons (Fsp3) is 0.304. The second-order valence-electron chi connectivity index (χ2n) is 7.76. The Morgan fingerprint density at radius 1 is 1.03 bits per heavy atom. The molecule has 2 N–H and O–H groups in total. The topological polar surface area (TPSA) is 94.3 Å². The molecular weight excluding hydrogens is 390 g/mol. The molecule has 0 amide bonds. The van der Waals surface area contributed by atoms with Crippen LogP contribution in [0.3, 0.4) is 0 Å². The molecule has 8 nitrogen and oxygen atoms in total. The first-order valence-corrected chi connectivity index (χ1v) is 10.4. The van der Waals surface area contributed by atoms with Gasteiger partial charge in [-0.15, -0.1) is 5.10 Å². The van der Waals surface area contributed by atoms with Gasteiger partial charge < -0.3 is 10.6 Å².